The highest BCUT2D eigenvalue weighted by Gasteiger charge is 2.46. The Kier molecular flexibility index (Phi) is 5.36. The number of aromatic nitrogens is 3. The van der Waals surface area contributed by atoms with Crippen LogP contribution in [0.1, 0.15) is 19.2 Å². The molecule has 9 nitrogen and oxygen atoms in total. The number of carbonyl (C=O) groups is 3. The summed E-state index contributed by atoms with van der Waals surface area (Å²) in [4.78, 5) is 36.8. The molecule has 0 spiro atoms. The van der Waals surface area contributed by atoms with Gasteiger partial charge in [0.15, 0.2) is 10.9 Å². The number of hydrogen-bond donors (Lipinski definition) is 2. The summed E-state index contributed by atoms with van der Waals surface area (Å²) in [6.45, 7) is 1.44. The fourth-order valence-electron chi connectivity index (χ4n) is 2.64. The lowest BCUT2D eigenvalue weighted by Crippen LogP contribution is -2.55. The molecule has 0 saturated carbocycles. The number of nitrogens with zero attached hydrogens (tertiary/aromatic N) is 4. The van der Waals surface area contributed by atoms with Gasteiger partial charge in [0.1, 0.15) is 0 Å². The van der Waals surface area contributed by atoms with Crippen molar-refractivity contribution in [1.82, 2.24) is 25.0 Å². The number of thioether (sulfide) groups is 2. The van der Waals surface area contributed by atoms with E-state index in [0.717, 1.165) is 28.3 Å². The molecule has 2 atom stereocenters. The van der Waals surface area contributed by atoms with E-state index < -0.39 is 29.1 Å². The molecule has 0 radical (unpaired) electrons. The topological polar surface area (TPSA) is 117 Å². The van der Waals surface area contributed by atoms with Crippen molar-refractivity contribution in [3.63, 3.8) is 0 Å². The monoisotopic (exact) mass is 437 g/mol. The molecule has 152 valence electrons. The Morgan fingerprint density at radius 3 is 2.61 bits per heavy atom. The van der Waals surface area contributed by atoms with Gasteiger partial charge in [-0.25, -0.2) is 4.79 Å². The molecule has 0 bridgehead atoms. The first kappa shape index (κ1) is 20.5. The Hall–Kier alpha value is -2.22. The molecule has 0 aliphatic carbocycles. The minimum Gasteiger partial charge on any atom is -0.477 e. The second-order valence-corrected chi connectivity index (χ2v) is 8.45. The molecule has 28 heavy (non-hydrogen) atoms. The van der Waals surface area contributed by atoms with Crippen molar-refractivity contribution in [2.24, 2.45) is 7.05 Å². The van der Waals surface area contributed by atoms with Crippen LogP contribution in [0.4, 0.5) is 13.2 Å². The van der Waals surface area contributed by atoms with Gasteiger partial charge in [0.2, 0.25) is 17.6 Å². The van der Waals surface area contributed by atoms with Crippen LogP contribution >= 0.6 is 23.5 Å². The van der Waals surface area contributed by atoms with E-state index in [-0.39, 0.29) is 40.0 Å². The van der Waals surface area contributed by atoms with Crippen molar-refractivity contribution in [2.45, 2.75) is 35.3 Å². The normalized spacial score (nSPS) is 20.5. The maximum Gasteiger partial charge on any atom is 0.451 e. The molecule has 1 aromatic heterocycles. The second kappa shape index (κ2) is 7.31. The van der Waals surface area contributed by atoms with Gasteiger partial charge in [-0.05, 0) is 6.92 Å². The second-order valence-electron chi connectivity index (χ2n) is 5.98. The van der Waals surface area contributed by atoms with Gasteiger partial charge in [-0.15, -0.1) is 22.0 Å². The highest BCUT2D eigenvalue weighted by molar-refractivity contribution is 8.00. The molecule has 2 aliphatic rings. The molecular weight excluding hydrogens is 423 g/mol. The Morgan fingerprint density at radius 2 is 2.07 bits per heavy atom. The molecule has 3 rings (SSSR count). The number of halogens is 3. The zero-order chi connectivity index (χ0) is 20.8. The van der Waals surface area contributed by atoms with Crippen LogP contribution in [0.25, 0.3) is 0 Å². The van der Waals surface area contributed by atoms with E-state index >= 15 is 0 Å². The molecule has 3 heterocycles. The Bertz CT molecular complexity index is 885. The van der Waals surface area contributed by atoms with E-state index in [2.05, 4.69) is 15.5 Å². The molecule has 1 saturated heterocycles. The molecule has 1 fully saturated rings. The quantitative estimate of drug-likeness (QED) is 0.518. The molecule has 2 amide bonds. The Labute approximate surface area is 164 Å². The summed E-state index contributed by atoms with van der Waals surface area (Å²) in [7, 11) is 1.13. The minimum absolute atomic E-state index is 0.0770. The van der Waals surface area contributed by atoms with Gasteiger partial charge >= 0.3 is 12.1 Å². The van der Waals surface area contributed by atoms with Crippen molar-refractivity contribution in [3.05, 3.63) is 17.2 Å². The van der Waals surface area contributed by atoms with E-state index in [9.17, 15) is 32.7 Å². The Balaban J connectivity index is 1.74. The van der Waals surface area contributed by atoms with Crippen molar-refractivity contribution >= 4 is 41.3 Å². The summed E-state index contributed by atoms with van der Waals surface area (Å²) in [5, 5.41) is 17.2. The lowest BCUT2D eigenvalue weighted by molar-refractivity contribution is -0.147. The fraction of sp³-hybridized carbons (Fsp3) is 0.500. The smallest absolute Gasteiger partial charge is 0.451 e. The third-order valence-corrected chi connectivity index (χ3v) is 6.42. The lowest BCUT2D eigenvalue weighted by atomic mass is 10.1. The Morgan fingerprint density at radius 1 is 1.39 bits per heavy atom. The third-order valence-electron chi connectivity index (χ3n) is 4.07. The average molecular weight is 437 g/mol. The molecule has 1 unspecified atom stereocenters. The average Bonchev–Trinajstić information content (AvgIpc) is 2.95. The minimum atomic E-state index is -4.67. The van der Waals surface area contributed by atoms with Crippen molar-refractivity contribution in [2.75, 3.05) is 5.75 Å². The summed E-state index contributed by atoms with van der Waals surface area (Å²) < 4.78 is 39.1. The van der Waals surface area contributed by atoms with Crippen LogP contribution in [0.3, 0.4) is 0 Å². The molecule has 14 heteroatoms. The number of rotatable bonds is 5. The van der Waals surface area contributed by atoms with Crippen LogP contribution in [0, 0.1) is 0 Å². The number of β-lactam (4-membered cyclic amide) rings is 1. The molecular formula is C14H14F3N5O4S2. The number of aliphatic carboxylic acids is 1. The SMILES string of the molecule is C[C@H](Sc1nnc(C(F)(F)F)n1C)C(=O)NC1=C(C(=O)O)N2C(=O)CC2SC1. The lowest BCUT2D eigenvalue weighted by Gasteiger charge is -2.43. The molecule has 2 N–H and O–H groups in total. The number of hydrogen-bond acceptors (Lipinski definition) is 7. The predicted molar refractivity (Wildman–Crippen MR) is 91.8 cm³/mol. The van der Waals surface area contributed by atoms with Crippen LogP contribution in [0.5, 0.6) is 0 Å². The fourth-order valence-corrected chi connectivity index (χ4v) is 4.65. The van der Waals surface area contributed by atoms with Gasteiger partial charge in [-0.2, -0.15) is 13.2 Å². The van der Waals surface area contributed by atoms with Crippen molar-refractivity contribution in [1.29, 1.82) is 0 Å². The third kappa shape index (κ3) is 3.70. The molecule has 1 aromatic rings. The van der Waals surface area contributed by atoms with E-state index in [4.69, 9.17) is 0 Å². The zero-order valence-corrected chi connectivity index (χ0v) is 16.1. The van der Waals surface area contributed by atoms with Crippen LogP contribution in [0.2, 0.25) is 0 Å². The highest BCUT2D eigenvalue weighted by atomic mass is 32.2. The first-order valence-electron chi connectivity index (χ1n) is 7.85. The number of carboxylic acid groups (broad SMARTS) is 1. The van der Waals surface area contributed by atoms with Gasteiger partial charge in [0.05, 0.1) is 22.7 Å². The summed E-state index contributed by atoms with van der Waals surface area (Å²) in [5.41, 5.74) is -0.197. The number of fused-ring (bicyclic) bond motifs is 1. The number of carboxylic acids is 1. The van der Waals surface area contributed by atoms with E-state index in [1.165, 1.54) is 18.7 Å². The first-order valence-corrected chi connectivity index (χ1v) is 9.77. The highest BCUT2D eigenvalue weighted by Crippen LogP contribution is 2.39. The van der Waals surface area contributed by atoms with E-state index in [1.54, 1.807) is 0 Å². The van der Waals surface area contributed by atoms with E-state index in [0.29, 0.717) is 0 Å². The standard InChI is InChI=1S/C14H14F3N5O4S2/c1-5(28-13-20-19-12(21(13)2)14(15,16)17)10(24)18-6-4-27-8-3-7(23)22(8)9(6)11(25)26/h5,8H,3-4H2,1-2H3,(H,18,24)(H,25,26)/t5-,8?/m0/s1. The number of nitrogens with one attached hydrogen (secondary N) is 1. The molecule has 2 aliphatic heterocycles. The summed E-state index contributed by atoms with van der Waals surface area (Å²) in [5.74, 6) is -3.30. The number of alkyl halides is 3. The van der Waals surface area contributed by atoms with Gasteiger partial charge in [-0.1, -0.05) is 11.8 Å². The summed E-state index contributed by atoms with van der Waals surface area (Å²) >= 11 is 2.07. The molecule has 0 aromatic carbocycles. The predicted octanol–water partition coefficient (Wildman–Crippen LogP) is 1.03. The summed E-state index contributed by atoms with van der Waals surface area (Å²) in [6, 6.07) is 0. The van der Waals surface area contributed by atoms with Crippen LogP contribution in [0.15, 0.2) is 16.6 Å². The summed E-state index contributed by atoms with van der Waals surface area (Å²) in [6.07, 6.45) is -4.44. The van der Waals surface area contributed by atoms with Gasteiger partial charge in [-0.3, -0.25) is 14.5 Å². The zero-order valence-electron chi connectivity index (χ0n) is 14.5. The number of amides is 2. The van der Waals surface area contributed by atoms with Gasteiger partial charge < -0.3 is 15.0 Å². The van der Waals surface area contributed by atoms with Gasteiger partial charge in [0.25, 0.3) is 0 Å². The maximum absolute atomic E-state index is 12.8. The first-order chi connectivity index (χ1) is 13.0. The largest absolute Gasteiger partial charge is 0.477 e. The van der Waals surface area contributed by atoms with Crippen LogP contribution in [-0.2, 0) is 27.6 Å². The van der Waals surface area contributed by atoms with Crippen LogP contribution < -0.4 is 5.32 Å². The van der Waals surface area contributed by atoms with Crippen LogP contribution in [-0.4, -0.2) is 58.9 Å². The van der Waals surface area contributed by atoms with Gasteiger partial charge in [0, 0.05) is 12.8 Å². The van der Waals surface area contributed by atoms with E-state index in [1.807, 2.05) is 0 Å². The van der Waals surface area contributed by atoms with Crippen molar-refractivity contribution < 1.29 is 32.7 Å². The number of carbonyl (C=O) groups excluding carboxylic acids is 2. The maximum atomic E-state index is 12.8. The van der Waals surface area contributed by atoms with Crippen molar-refractivity contribution in [3.8, 4) is 0 Å².